The van der Waals surface area contributed by atoms with Crippen LogP contribution in [-0.4, -0.2) is 54.2 Å². The van der Waals surface area contributed by atoms with Gasteiger partial charge in [-0.15, -0.1) is 0 Å². The first-order chi connectivity index (χ1) is 21.6. The van der Waals surface area contributed by atoms with Crippen molar-refractivity contribution in [2.75, 3.05) is 19.7 Å². The van der Waals surface area contributed by atoms with Gasteiger partial charge in [0.25, 0.3) is 0 Å². The summed E-state index contributed by atoms with van der Waals surface area (Å²) in [5.41, 5.74) is 5.05. The largest absolute Gasteiger partial charge is 0.462 e. The van der Waals surface area contributed by atoms with E-state index in [1.54, 1.807) is 0 Å². The van der Waals surface area contributed by atoms with E-state index >= 15 is 0 Å². The summed E-state index contributed by atoms with van der Waals surface area (Å²) in [6, 6.07) is 25.5. The molecule has 45 heavy (non-hydrogen) atoms. The molecule has 0 radical (unpaired) electrons. The van der Waals surface area contributed by atoms with E-state index in [0.29, 0.717) is 31.7 Å². The molecule has 7 heteroatoms. The Bertz CT molecular complexity index is 1550. The van der Waals surface area contributed by atoms with E-state index in [4.69, 9.17) is 9.47 Å². The summed E-state index contributed by atoms with van der Waals surface area (Å²) >= 11 is 0. The predicted octanol–water partition coefficient (Wildman–Crippen LogP) is 7.09. The lowest BCUT2D eigenvalue weighted by Gasteiger charge is -2.40. The summed E-state index contributed by atoms with van der Waals surface area (Å²) in [6.45, 7) is 8.68. The Morgan fingerprint density at radius 2 is 1.53 bits per heavy atom. The highest BCUT2D eigenvalue weighted by Crippen LogP contribution is 2.49. The van der Waals surface area contributed by atoms with Gasteiger partial charge < -0.3 is 19.7 Å². The number of nitrogens with zero attached hydrogens (tertiary/aromatic N) is 1. The van der Waals surface area contributed by atoms with Crippen LogP contribution in [0.5, 0.6) is 0 Å². The van der Waals surface area contributed by atoms with Crippen LogP contribution in [0, 0.1) is 0 Å². The number of piperidine rings is 1. The highest BCUT2D eigenvalue weighted by molar-refractivity contribution is 6.00. The molecule has 7 nitrogen and oxygen atoms in total. The Balaban J connectivity index is 1.34. The molecule has 1 atom stereocenters. The van der Waals surface area contributed by atoms with E-state index in [1.165, 1.54) is 11.1 Å². The lowest BCUT2D eigenvalue weighted by atomic mass is 9.74. The van der Waals surface area contributed by atoms with Gasteiger partial charge in [-0.1, -0.05) is 78.9 Å². The Morgan fingerprint density at radius 3 is 2.22 bits per heavy atom. The smallest absolute Gasteiger partial charge is 0.408 e. The third-order valence-corrected chi connectivity index (χ3v) is 8.64. The number of hydrogen-bond acceptors (Lipinski definition) is 5. The number of benzene rings is 3. The topological polar surface area (TPSA) is 84.9 Å². The summed E-state index contributed by atoms with van der Waals surface area (Å²) in [6.07, 6.45) is 5.30. The van der Waals surface area contributed by atoms with Crippen LogP contribution in [0.2, 0.25) is 0 Å². The van der Waals surface area contributed by atoms with Gasteiger partial charge in [-0.25, -0.2) is 9.59 Å². The first kappa shape index (κ1) is 32.0. The number of ether oxygens (including phenoxy) is 2. The average molecular weight is 609 g/mol. The monoisotopic (exact) mass is 608 g/mol. The molecule has 0 saturated carbocycles. The molecule has 236 valence electrons. The van der Waals surface area contributed by atoms with Gasteiger partial charge in [-0.05, 0) is 93.7 Å². The fourth-order valence-electron chi connectivity index (χ4n) is 6.53. The minimum Gasteiger partial charge on any atom is -0.462 e. The number of allylic oxidation sites excluding steroid dienone is 1. The van der Waals surface area contributed by atoms with E-state index in [2.05, 4.69) is 41.7 Å². The molecule has 3 aromatic carbocycles. The predicted molar refractivity (Wildman–Crippen MR) is 176 cm³/mol. The Labute approximate surface area is 266 Å². The summed E-state index contributed by atoms with van der Waals surface area (Å²) in [7, 11) is 0. The minimum absolute atomic E-state index is 0.0769. The first-order valence-corrected chi connectivity index (χ1v) is 16.0. The SMILES string of the molecule is CCOC(=O)c1ccccc1C1=CC2(CCN(C(=O)C(CCCc3ccccc3)NC(=O)OC(C)(C)C)CC2)c2ccccc21. The first-order valence-electron chi connectivity index (χ1n) is 16.0. The number of carbonyl (C=O) groups is 3. The second-order valence-electron chi connectivity index (χ2n) is 12.9. The van der Waals surface area contributed by atoms with Crippen LogP contribution < -0.4 is 5.32 Å². The Morgan fingerprint density at radius 1 is 0.889 bits per heavy atom. The molecule has 1 aliphatic carbocycles. The number of carbonyl (C=O) groups excluding carboxylic acids is 3. The summed E-state index contributed by atoms with van der Waals surface area (Å²) in [5, 5.41) is 2.88. The summed E-state index contributed by atoms with van der Waals surface area (Å²) in [5.74, 6) is -0.407. The van der Waals surface area contributed by atoms with Crippen LogP contribution >= 0.6 is 0 Å². The van der Waals surface area contributed by atoms with Gasteiger partial charge in [0, 0.05) is 18.5 Å². The van der Waals surface area contributed by atoms with E-state index in [9.17, 15) is 14.4 Å². The van der Waals surface area contributed by atoms with E-state index in [0.717, 1.165) is 42.4 Å². The molecule has 0 bridgehead atoms. The zero-order chi connectivity index (χ0) is 32.0. The van der Waals surface area contributed by atoms with Crippen molar-refractivity contribution in [3.63, 3.8) is 0 Å². The standard InChI is InChI=1S/C38H44N2O5/c1-5-44-35(42)30-19-10-9-17-28(30)31-26-38(32-20-12-11-18-29(31)32)22-24-40(25-23-38)34(41)33(39-36(43)45-37(2,3)4)21-13-16-27-14-7-6-8-15-27/h6-12,14-15,17-20,26,33H,5,13,16,21-25H2,1-4H3,(H,39,43). The van der Waals surface area contributed by atoms with Gasteiger partial charge in [-0.2, -0.15) is 0 Å². The number of alkyl carbamates (subject to hydrolysis) is 1. The number of esters is 1. The third-order valence-electron chi connectivity index (χ3n) is 8.64. The van der Waals surface area contributed by atoms with Crippen LogP contribution in [0.3, 0.4) is 0 Å². The molecule has 1 saturated heterocycles. The maximum Gasteiger partial charge on any atom is 0.408 e. The van der Waals surface area contributed by atoms with Gasteiger partial charge in [-0.3, -0.25) is 4.79 Å². The lowest BCUT2D eigenvalue weighted by Crippen LogP contribution is -2.53. The molecule has 3 aromatic rings. The molecule has 1 fully saturated rings. The van der Waals surface area contributed by atoms with Crippen LogP contribution in [0.25, 0.3) is 5.57 Å². The van der Waals surface area contributed by atoms with Crippen LogP contribution in [-0.2, 0) is 26.1 Å². The number of rotatable bonds is 9. The van der Waals surface area contributed by atoms with Gasteiger partial charge in [0.05, 0.1) is 12.2 Å². The number of fused-ring (bicyclic) bond motifs is 2. The molecular formula is C38H44N2O5. The number of hydrogen-bond donors (Lipinski definition) is 1. The highest BCUT2D eigenvalue weighted by Gasteiger charge is 2.43. The fourth-order valence-corrected chi connectivity index (χ4v) is 6.53. The van der Waals surface area contributed by atoms with Gasteiger partial charge in [0.15, 0.2) is 0 Å². The molecule has 5 rings (SSSR count). The van der Waals surface area contributed by atoms with Crippen molar-refractivity contribution in [3.05, 3.63) is 113 Å². The van der Waals surface area contributed by atoms with E-state index in [1.807, 2.05) is 81.1 Å². The second-order valence-corrected chi connectivity index (χ2v) is 12.9. The Hall–Kier alpha value is -4.39. The normalized spacial score (nSPS) is 16.0. The van der Waals surface area contributed by atoms with E-state index in [-0.39, 0.29) is 17.3 Å². The Kier molecular flexibility index (Phi) is 9.76. The third kappa shape index (κ3) is 7.47. The quantitative estimate of drug-likeness (QED) is 0.262. The zero-order valence-corrected chi connectivity index (χ0v) is 26.8. The second kappa shape index (κ2) is 13.7. The van der Waals surface area contributed by atoms with Gasteiger partial charge in [0.1, 0.15) is 11.6 Å². The molecule has 1 spiro atoms. The molecule has 0 aromatic heterocycles. The van der Waals surface area contributed by atoms with Crippen molar-refractivity contribution in [3.8, 4) is 0 Å². The number of likely N-dealkylation sites (tertiary alicyclic amines) is 1. The van der Waals surface area contributed by atoms with E-state index < -0.39 is 17.7 Å². The van der Waals surface area contributed by atoms with Crippen LogP contribution in [0.1, 0.15) is 86.0 Å². The van der Waals surface area contributed by atoms with Crippen molar-refractivity contribution in [1.82, 2.24) is 10.2 Å². The van der Waals surface area contributed by atoms with Crippen molar-refractivity contribution >= 4 is 23.5 Å². The fraction of sp³-hybridized carbons (Fsp3) is 0.395. The number of nitrogens with one attached hydrogen (secondary N) is 1. The zero-order valence-electron chi connectivity index (χ0n) is 26.8. The average Bonchev–Trinajstić information content (AvgIpc) is 3.34. The molecule has 1 unspecified atom stereocenters. The van der Waals surface area contributed by atoms with Gasteiger partial charge in [0.2, 0.25) is 5.91 Å². The van der Waals surface area contributed by atoms with Crippen LogP contribution in [0.4, 0.5) is 4.79 Å². The van der Waals surface area contributed by atoms with Crippen molar-refractivity contribution in [2.24, 2.45) is 0 Å². The molecule has 2 aliphatic rings. The maximum atomic E-state index is 13.9. The molecule has 1 N–H and O–H groups in total. The van der Waals surface area contributed by atoms with Crippen LogP contribution in [0.15, 0.2) is 84.9 Å². The van der Waals surface area contributed by atoms with Gasteiger partial charge >= 0.3 is 12.1 Å². The maximum absolute atomic E-state index is 13.9. The highest BCUT2D eigenvalue weighted by atomic mass is 16.6. The molecule has 2 amide bonds. The number of aryl methyl sites for hydroxylation is 1. The van der Waals surface area contributed by atoms with Crippen molar-refractivity contribution < 1.29 is 23.9 Å². The molecular weight excluding hydrogens is 564 g/mol. The van der Waals surface area contributed by atoms with Crippen molar-refractivity contribution in [2.45, 2.75) is 76.9 Å². The number of amides is 2. The molecule has 1 aliphatic heterocycles. The lowest BCUT2D eigenvalue weighted by molar-refractivity contribution is -0.135. The minimum atomic E-state index is -0.670. The summed E-state index contributed by atoms with van der Waals surface area (Å²) < 4.78 is 10.9. The molecule has 1 heterocycles. The van der Waals surface area contributed by atoms with Crippen molar-refractivity contribution in [1.29, 1.82) is 0 Å². The summed E-state index contributed by atoms with van der Waals surface area (Å²) in [4.78, 5) is 41.5.